The molecule has 2 saturated heterocycles. The van der Waals surface area contributed by atoms with Crippen molar-refractivity contribution in [1.29, 1.82) is 0 Å². The number of likely N-dealkylation sites (tertiary alicyclic amines) is 2. The fourth-order valence-corrected chi connectivity index (χ4v) is 4.79. The average Bonchev–Trinajstić information content (AvgIpc) is 3.32. The molecule has 7 nitrogen and oxygen atoms in total. The molecule has 4 rings (SSSR count). The third kappa shape index (κ3) is 5.54. The lowest BCUT2D eigenvalue weighted by atomic mass is 9.90. The van der Waals surface area contributed by atoms with Crippen molar-refractivity contribution >= 4 is 11.8 Å². The van der Waals surface area contributed by atoms with Gasteiger partial charge in [-0.2, -0.15) is 5.10 Å². The van der Waals surface area contributed by atoms with E-state index in [0.717, 1.165) is 32.4 Å². The van der Waals surface area contributed by atoms with E-state index < -0.39 is 0 Å². The monoisotopic (exact) mass is 456 g/mol. The van der Waals surface area contributed by atoms with Crippen molar-refractivity contribution in [2.75, 3.05) is 26.2 Å². The zero-order chi connectivity index (χ0) is 23.4. The summed E-state index contributed by atoms with van der Waals surface area (Å²) in [6, 6.07) is 7.78. The van der Waals surface area contributed by atoms with Crippen molar-refractivity contribution < 1.29 is 18.7 Å². The van der Waals surface area contributed by atoms with Crippen molar-refractivity contribution in [3.8, 4) is 5.75 Å². The van der Waals surface area contributed by atoms with E-state index in [2.05, 4.69) is 5.10 Å². The Morgan fingerprint density at radius 2 is 1.79 bits per heavy atom. The molecule has 0 spiro atoms. The van der Waals surface area contributed by atoms with Crippen LogP contribution in [0.15, 0.2) is 36.5 Å². The summed E-state index contributed by atoms with van der Waals surface area (Å²) in [7, 11) is 0. The van der Waals surface area contributed by atoms with Gasteiger partial charge in [-0.3, -0.25) is 14.3 Å². The largest absolute Gasteiger partial charge is 0.490 e. The smallest absolute Gasteiger partial charge is 0.272 e. The van der Waals surface area contributed by atoms with E-state index in [-0.39, 0.29) is 35.7 Å². The topological polar surface area (TPSA) is 67.7 Å². The Labute approximate surface area is 194 Å². The lowest BCUT2D eigenvalue weighted by Gasteiger charge is -2.39. The summed E-state index contributed by atoms with van der Waals surface area (Å²) >= 11 is 0. The molecule has 0 saturated carbocycles. The number of piperidine rings is 2. The second kappa shape index (κ2) is 10.4. The number of ether oxygens (including phenoxy) is 1. The maximum atomic E-state index is 13.3. The van der Waals surface area contributed by atoms with Crippen LogP contribution >= 0.6 is 0 Å². The van der Waals surface area contributed by atoms with Crippen LogP contribution in [0, 0.1) is 11.7 Å². The number of nitrogens with zero attached hydrogens (tertiary/aromatic N) is 4. The van der Waals surface area contributed by atoms with Crippen molar-refractivity contribution in [2.45, 2.75) is 58.1 Å². The van der Waals surface area contributed by atoms with Gasteiger partial charge in [0.25, 0.3) is 5.91 Å². The molecule has 1 aromatic carbocycles. The van der Waals surface area contributed by atoms with Crippen LogP contribution in [0.1, 0.15) is 62.5 Å². The highest BCUT2D eigenvalue weighted by molar-refractivity contribution is 5.92. The van der Waals surface area contributed by atoms with E-state index in [1.165, 1.54) is 12.1 Å². The molecule has 33 heavy (non-hydrogen) atoms. The van der Waals surface area contributed by atoms with Gasteiger partial charge in [-0.15, -0.1) is 0 Å². The molecule has 2 amide bonds. The van der Waals surface area contributed by atoms with Crippen LogP contribution in [0.4, 0.5) is 4.39 Å². The van der Waals surface area contributed by atoms with Gasteiger partial charge in [0.1, 0.15) is 23.4 Å². The van der Waals surface area contributed by atoms with Crippen LogP contribution in [-0.2, 0) is 4.79 Å². The van der Waals surface area contributed by atoms with Gasteiger partial charge >= 0.3 is 0 Å². The highest BCUT2D eigenvalue weighted by atomic mass is 19.1. The van der Waals surface area contributed by atoms with Gasteiger partial charge in [0.2, 0.25) is 5.91 Å². The lowest BCUT2D eigenvalue weighted by molar-refractivity contribution is -0.134. The molecule has 178 valence electrons. The van der Waals surface area contributed by atoms with Gasteiger partial charge < -0.3 is 14.5 Å². The van der Waals surface area contributed by atoms with Crippen molar-refractivity contribution in [1.82, 2.24) is 19.6 Å². The first kappa shape index (κ1) is 23.3. The highest BCUT2D eigenvalue weighted by Crippen LogP contribution is 2.28. The third-order valence-corrected chi connectivity index (χ3v) is 6.58. The molecule has 0 N–H and O–H groups in total. The number of hydrogen-bond acceptors (Lipinski definition) is 4. The normalized spacial score (nSPS) is 21.3. The molecule has 0 bridgehead atoms. The average molecular weight is 457 g/mol. The molecule has 2 aromatic rings. The second-order valence-corrected chi connectivity index (χ2v) is 9.31. The Balaban J connectivity index is 1.50. The Morgan fingerprint density at radius 3 is 2.48 bits per heavy atom. The van der Waals surface area contributed by atoms with Crippen LogP contribution in [0.25, 0.3) is 0 Å². The second-order valence-electron chi connectivity index (χ2n) is 9.31. The molecule has 2 aliphatic heterocycles. The van der Waals surface area contributed by atoms with Crippen LogP contribution in [0.2, 0.25) is 0 Å². The zero-order valence-electron chi connectivity index (χ0n) is 19.5. The summed E-state index contributed by atoms with van der Waals surface area (Å²) in [6.07, 6.45) is 5.61. The minimum atomic E-state index is -0.318. The standard InChI is InChI=1S/C25H33FN4O3/c1-18(2)30-22(10-12-27-30)25(32)29-15-11-23(33-21-8-6-20(26)7-9-21)19(17-29)16-24(31)28-13-4-3-5-14-28/h6-10,12,18-19,23H,3-5,11,13-17H2,1-2H3/t19-,23-/m0/s1. The maximum Gasteiger partial charge on any atom is 0.272 e. The van der Waals surface area contributed by atoms with Crippen LogP contribution in [0.5, 0.6) is 5.75 Å². The van der Waals surface area contributed by atoms with Crippen molar-refractivity contribution in [3.63, 3.8) is 0 Å². The van der Waals surface area contributed by atoms with E-state index in [9.17, 15) is 14.0 Å². The quantitative estimate of drug-likeness (QED) is 0.661. The first-order valence-corrected chi connectivity index (χ1v) is 11.9. The lowest BCUT2D eigenvalue weighted by Crippen LogP contribution is -2.50. The summed E-state index contributed by atoms with van der Waals surface area (Å²) in [5.41, 5.74) is 0.559. The predicted octanol–water partition coefficient (Wildman–Crippen LogP) is 3.92. The molecular weight excluding hydrogens is 423 g/mol. The SMILES string of the molecule is CC(C)n1nccc1C(=O)N1CC[C@H](Oc2ccc(F)cc2)[C@@H](CC(=O)N2CCCCC2)C1. The first-order valence-electron chi connectivity index (χ1n) is 11.9. The number of hydrogen-bond donors (Lipinski definition) is 0. The number of amides is 2. The van der Waals surface area contributed by atoms with Gasteiger partial charge in [0.05, 0.1) is 0 Å². The molecule has 0 aliphatic carbocycles. The number of carbonyl (C=O) groups excluding carboxylic acids is 2. The Hall–Kier alpha value is -2.90. The number of rotatable bonds is 6. The van der Waals surface area contributed by atoms with E-state index in [0.29, 0.717) is 37.4 Å². The zero-order valence-corrected chi connectivity index (χ0v) is 19.5. The van der Waals surface area contributed by atoms with Crippen LogP contribution in [0.3, 0.4) is 0 Å². The summed E-state index contributed by atoms with van der Waals surface area (Å²) < 4.78 is 21.3. The van der Waals surface area contributed by atoms with Gasteiger partial charge in [-0.25, -0.2) is 4.39 Å². The molecule has 3 heterocycles. The molecule has 2 atom stereocenters. The molecular formula is C25H33FN4O3. The number of benzene rings is 1. The summed E-state index contributed by atoms with van der Waals surface area (Å²) in [6.45, 7) is 6.55. The third-order valence-electron chi connectivity index (χ3n) is 6.58. The van der Waals surface area contributed by atoms with E-state index in [1.54, 1.807) is 29.1 Å². The van der Waals surface area contributed by atoms with E-state index in [4.69, 9.17) is 4.74 Å². The number of halogens is 1. The van der Waals surface area contributed by atoms with E-state index >= 15 is 0 Å². The van der Waals surface area contributed by atoms with E-state index in [1.807, 2.05) is 23.6 Å². The minimum absolute atomic E-state index is 0.0724. The molecule has 0 unspecified atom stereocenters. The number of carbonyl (C=O) groups is 2. The van der Waals surface area contributed by atoms with Crippen LogP contribution < -0.4 is 4.74 Å². The number of aromatic nitrogens is 2. The van der Waals surface area contributed by atoms with Gasteiger partial charge in [0.15, 0.2) is 0 Å². The molecule has 2 fully saturated rings. The first-order chi connectivity index (χ1) is 15.9. The highest BCUT2D eigenvalue weighted by Gasteiger charge is 2.36. The summed E-state index contributed by atoms with van der Waals surface area (Å²) in [5.74, 6) is 0.166. The van der Waals surface area contributed by atoms with Crippen molar-refractivity contribution in [2.24, 2.45) is 5.92 Å². The Kier molecular flexibility index (Phi) is 7.30. The Morgan fingerprint density at radius 1 is 1.06 bits per heavy atom. The molecule has 0 radical (unpaired) electrons. The maximum absolute atomic E-state index is 13.3. The fourth-order valence-electron chi connectivity index (χ4n) is 4.79. The predicted molar refractivity (Wildman–Crippen MR) is 122 cm³/mol. The summed E-state index contributed by atoms with van der Waals surface area (Å²) in [4.78, 5) is 30.1. The molecule has 2 aliphatic rings. The van der Waals surface area contributed by atoms with Crippen molar-refractivity contribution in [3.05, 3.63) is 48.0 Å². The fraction of sp³-hybridized carbons (Fsp3) is 0.560. The molecule has 1 aromatic heterocycles. The Bertz CT molecular complexity index is 953. The summed E-state index contributed by atoms with van der Waals surface area (Å²) in [5, 5.41) is 4.29. The van der Waals surface area contributed by atoms with Gasteiger partial charge in [-0.1, -0.05) is 0 Å². The van der Waals surface area contributed by atoms with Crippen LogP contribution in [-0.4, -0.2) is 63.7 Å². The molecule has 8 heteroatoms. The minimum Gasteiger partial charge on any atom is -0.490 e. The van der Waals surface area contributed by atoms with Gasteiger partial charge in [-0.05, 0) is 63.4 Å². The van der Waals surface area contributed by atoms with Gasteiger partial charge in [0, 0.05) is 57.2 Å².